The lowest BCUT2D eigenvalue weighted by Crippen LogP contribution is -2.19. The van der Waals surface area contributed by atoms with Crippen LogP contribution in [0.15, 0.2) is 0 Å². The number of ether oxygens (including phenoxy) is 1. The van der Waals surface area contributed by atoms with Gasteiger partial charge in [-0.2, -0.15) is 0 Å². The molecule has 0 unspecified atom stereocenters. The summed E-state index contributed by atoms with van der Waals surface area (Å²) in [6.45, 7) is 9.13. The Hall–Kier alpha value is -0.430. The molecule has 1 aromatic rings. The van der Waals surface area contributed by atoms with E-state index in [2.05, 4.69) is 48.7 Å². The quantitative estimate of drug-likeness (QED) is 0.782. The zero-order chi connectivity index (χ0) is 14.5. The molecule has 2 rings (SSSR count). The summed E-state index contributed by atoms with van der Waals surface area (Å²) >= 11 is 2.37. The van der Waals surface area contributed by atoms with E-state index >= 15 is 0 Å². The van der Waals surface area contributed by atoms with E-state index in [4.69, 9.17) is 14.7 Å². The van der Waals surface area contributed by atoms with Gasteiger partial charge in [0.2, 0.25) is 0 Å². The fraction of sp³-hybridized carbons (Fsp3) is 0.733. The fourth-order valence-corrected chi connectivity index (χ4v) is 3.11. The molecule has 20 heavy (non-hydrogen) atoms. The van der Waals surface area contributed by atoms with Crippen LogP contribution in [-0.4, -0.2) is 29.7 Å². The molecule has 0 saturated carbocycles. The maximum Gasteiger partial charge on any atom is 0.143 e. The van der Waals surface area contributed by atoms with E-state index in [-0.39, 0.29) is 0 Å². The maximum absolute atomic E-state index is 5.44. The molecule has 1 aliphatic heterocycles. The van der Waals surface area contributed by atoms with Gasteiger partial charge in [0.1, 0.15) is 11.6 Å². The smallest absolute Gasteiger partial charge is 0.143 e. The van der Waals surface area contributed by atoms with Crippen molar-refractivity contribution in [2.24, 2.45) is 5.92 Å². The lowest BCUT2D eigenvalue weighted by atomic mass is 9.99. The summed E-state index contributed by atoms with van der Waals surface area (Å²) in [5.41, 5.74) is 1.19. The predicted octanol–water partition coefficient (Wildman–Crippen LogP) is 3.61. The molecule has 0 spiro atoms. The molecular weight excluding hydrogens is 365 g/mol. The van der Waals surface area contributed by atoms with E-state index in [1.807, 2.05) is 0 Å². The molecule has 0 atom stereocenters. The highest BCUT2D eigenvalue weighted by Gasteiger charge is 2.22. The van der Waals surface area contributed by atoms with Gasteiger partial charge in [0, 0.05) is 25.7 Å². The molecule has 1 aliphatic rings. The summed E-state index contributed by atoms with van der Waals surface area (Å²) < 4.78 is 6.62. The number of hydrogen-bond acceptors (Lipinski definition) is 4. The molecule has 0 amide bonds. The molecule has 2 heterocycles. The molecule has 0 aliphatic carbocycles. The SMILES string of the molecule is CCNc1nc(C2CCOCC2)nc(CC(C)C)c1I. The molecule has 112 valence electrons. The average molecular weight is 389 g/mol. The minimum absolute atomic E-state index is 0.448. The van der Waals surface area contributed by atoms with Gasteiger partial charge >= 0.3 is 0 Å². The van der Waals surface area contributed by atoms with E-state index < -0.39 is 0 Å². The summed E-state index contributed by atoms with van der Waals surface area (Å²) in [6.07, 6.45) is 3.08. The van der Waals surface area contributed by atoms with Gasteiger partial charge in [-0.15, -0.1) is 0 Å². The van der Waals surface area contributed by atoms with Crippen molar-refractivity contribution in [1.29, 1.82) is 0 Å². The van der Waals surface area contributed by atoms with Gasteiger partial charge in [-0.3, -0.25) is 0 Å². The van der Waals surface area contributed by atoms with Crippen molar-refractivity contribution in [3.05, 3.63) is 15.1 Å². The van der Waals surface area contributed by atoms with Crippen molar-refractivity contribution in [3.63, 3.8) is 0 Å². The van der Waals surface area contributed by atoms with Crippen LogP contribution in [0.4, 0.5) is 5.82 Å². The van der Waals surface area contributed by atoms with Crippen LogP contribution in [0.2, 0.25) is 0 Å². The minimum Gasteiger partial charge on any atom is -0.381 e. The Kier molecular flexibility index (Phi) is 6.01. The van der Waals surface area contributed by atoms with Crippen LogP contribution < -0.4 is 5.32 Å². The predicted molar refractivity (Wildman–Crippen MR) is 90.2 cm³/mol. The highest BCUT2D eigenvalue weighted by Crippen LogP contribution is 2.28. The first-order valence-corrected chi connectivity index (χ1v) is 8.57. The second-order valence-corrected chi connectivity index (χ2v) is 6.78. The van der Waals surface area contributed by atoms with Crippen LogP contribution in [-0.2, 0) is 11.2 Å². The van der Waals surface area contributed by atoms with Crippen molar-refractivity contribution < 1.29 is 4.74 Å². The Morgan fingerprint density at radius 3 is 2.60 bits per heavy atom. The Morgan fingerprint density at radius 2 is 2.00 bits per heavy atom. The van der Waals surface area contributed by atoms with E-state index in [1.165, 1.54) is 9.26 Å². The molecular formula is C15H24IN3O. The highest BCUT2D eigenvalue weighted by atomic mass is 127. The van der Waals surface area contributed by atoms with Gasteiger partial charge in [0.15, 0.2) is 0 Å². The lowest BCUT2D eigenvalue weighted by molar-refractivity contribution is 0.0835. The number of nitrogens with one attached hydrogen (secondary N) is 1. The first-order valence-electron chi connectivity index (χ1n) is 7.49. The number of nitrogens with zero attached hydrogens (tertiary/aromatic N) is 2. The Bertz CT molecular complexity index is 445. The second-order valence-electron chi connectivity index (χ2n) is 5.71. The molecule has 4 nitrogen and oxygen atoms in total. The summed E-state index contributed by atoms with van der Waals surface area (Å²) in [5.74, 6) is 3.06. The van der Waals surface area contributed by atoms with Gasteiger partial charge in [0.05, 0.1) is 9.26 Å². The van der Waals surface area contributed by atoms with Crippen molar-refractivity contribution in [1.82, 2.24) is 9.97 Å². The largest absolute Gasteiger partial charge is 0.381 e. The van der Waals surface area contributed by atoms with Gasteiger partial charge in [-0.25, -0.2) is 9.97 Å². The van der Waals surface area contributed by atoms with Crippen LogP contribution in [0, 0.1) is 9.49 Å². The molecule has 5 heteroatoms. The first-order chi connectivity index (χ1) is 9.61. The topological polar surface area (TPSA) is 47.0 Å². The molecule has 0 radical (unpaired) electrons. The van der Waals surface area contributed by atoms with E-state index in [9.17, 15) is 0 Å². The zero-order valence-corrected chi connectivity index (χ0v) is 14.7. The number of halogens is 1. The van der Waals surface area contributed by atoms with E-state index in [0.717, 1.165) is 50.7 Å². The third kappa shape index (κ3) is 4.04. The normalized spacial score (nSPS) is 16.6. The minimum atomic E-state index is 0.448. The molecule has 1 saturated heterocycles. The van der Waals surface area contributed by atoms with Gasteiger partial charge in [-0.05, 0) is 54.7 Å². The summed E-state index contributed by atoms with van der Waals surface area (Å²) in [5, 5.41) is 3.38. The molecule has 1 N–H and O–H groups in total. The van der Waals surface area contributed by atoms with Crippen LogP contribution in [0.1, 0.15) is 51.0 Å². The van der Waals surface area contributed by atoms with E-state index in [0.29, 0.717) is 11.8 Å². The molecule has 0 aromatic carbocycles. The number of aromatic nitrogens is 2. The fourth-order valence-electron chi connectivity index (χ4n) is 2.46. The van der Waals surface area contributed by atoms with Crippen molar-refractivity contribution >= 4 is 28.4 Å². The van der Waals surface area contributed by atoms with Gasteiger partial charge in [0.25, 0.3) is 0 Å². The number of hydrogen-bond donors (Lipinski definition) is 1. The third-order valence-corrected chi connectivity index (χ3v) is 4.60. The highest BCUT2D eigenvalue weighted by molar-refractivity contribution is 14.1. The Morgan fingerprint density at radius 1 is 1.30 bits per heavy atom. The van der Waals surface area contributed by atoms with Crippen molar-refractivity contribution in [3.8, 4) is 0 Å². The summed E-state index contributed by atoms with van der Waals surface area (Å²) in [4.78, 5) is 9.63. The molecule has 1 aromatic heterocycles. The van der Waals surface area contributed by atoms with Crippen LogP contribution in [0.3, 0.4) is 0 Å². The monoisotopic (exact) mass is 389 g/mol. The molecule has 0 bridgehead atoms. The number of rotatable bonds is 5. The summed E-state index contributed by atoms with van der Waals surface area (Å²) in [6, 6.07) is 0. The first kappa shape index (κ1) is 15.9. The number of anilines is 1. The van der Waals surface area contributed by atoms with Gasteiger partial charge in [-0.1, -0.05) is 13.8 Å². The Labute approximate surface area is 135 Å². The Balaban J connectivity index is 2.32. The van der Waals surface area contributed by atoms with E-state index in [1.54, 1.807) is 0 Å². The standard InChI is InChI=1S/C15H24IN3O/c1-4-17-15-13(16)12(9-10(2)3)18-14(19-15)11-5-7-20-8-6-11/h10-11H,4-9H2,1-3H3,(H,17,18,19). The van der Waals surface area contributed by atoms with Crippen LogP contribution >= 0.6 is 22.6 Å². The molecule has 1 fully saturated rings. The average Bonchev–Trinajstić information content (AvgIpc) is 2.44. The zero-order valence-electron chi connectivity index (χ0n) is 12.6. The van der Waals surface area contributed by atoms with Crippen molar-refractivity contribution in [2.45, 2.75) is 46.0 Å². The summed E-state index contributed by atoms with van der Waals surface area (Å²) in [7, 11) is 0. The third-order valence-electron chi connectivity index (χ3n) is 3.47. The van der Waals surface area contributed by atoms with Crippen molar-refractivity contribution in [2.75, 3.05) is 25.1 Å². The van der Waals surface area contributed by atoms with Crippen LogP contribution in [0.5, 0.6) is 0 Å². The van der Waals surface area contributed by atoms with Gasteiger partial charge < -0.3 is 10.1 Å². The maximum atomic E-state index is 5.44. The van der Waals surface area contributed by atoms with Crippen LogP contribution in [0.25, 0.3) is 0 Å². The lowest BCUT2D eigenvalue weighted by Gasteiger charge is -2.22. The second kappa shape index (κ2) is 7.54.